The van der Waals surface area contributed by atoms with E-state index in [0.717, 1.165) is 50.1 Å². The second kappa shape index (κ2) is 7.99. The first-order chi connectivity index (χ1) is 14.3. The number of fused-ring (bicyclic) bond motifs is 1. The van der Waals surface area contributed by atoms with Gasteiger partial charge >= 0.3 is 0 Å². The Hall–Kier alpha value is -2.66. The summed E-state index contributed by atoms with van der Waals surface area (Å²) in [4.78, 5) is 25.5. The SMILES string of the molecule is O=C(c1cc2cccnc2[nH]1)N1CCCC1C1CCCN(Cc2ccccc2)C1. The number of pyridine rings is 1. The van der Waals surface area contributed by atoms with Gasteiger partial charge in [0.1, 0.15) is 11.3 Å². The largest absolute Gasteiger partial charge is 0.335 e. The standard InChI is InChI=1S/C24H28N4O/c29-24(21-15-19-9-4-12-25-23(19)26-21)28-14-6-11-22(28)20-10-5-13-27(17-20)16-18-7-2-1-3-8-18/h1-4,7-9,12,15,20,22H,5-6,10-11,13-14,16-17H2,(H,25,26). The number of benzene rings is 1. The van der Waals surface area contributed by atoms with Crippen LogP contribution in [0.4, 0.5) is 0 Å². The summed E-state index contributed by atoms with van der Waals surface area (Å²) in [7, 11) is 0. The quantitative estimate of drug-likeness (QED) is 0.733. The van der Waals surface area contributed by atoms with E-state index in [0.29, 0.717) is 17.7 Å². The molecular weight excluding hydrogens is 360 g/mol. The van der Waals surface area contributed by atoms with Crippen molar-refractivity contribution in [3.05, 3.63) is 66.0 Å². The monoisotopic (exact) mass is 388 g/mol. The fraction of sp³-hybridized carbons (Fsp3) is 0.417. The molecule has 2 atom stereocenters. The summed E-state index contributed by atoms with van der Waals surface area (Å²) in [6.45, 7) is 4.10. The maximum Gasteiger partial charge on any atom is 0.270 e. The van der Waals surface area contributed by atoms with Crippen LogP contribution in [0.5, 0.6) is 0 Å². The Morgan fingerprint density at radius 1 is 1.07 bits per heavy atom. The topological polar surface area (TPSA) is 52.2 Å². The van der Waals surface area contributed by atoms with Crippen LogP contribution in [-0.4, -0.2) is 51.4 Å². The van der Waals surface area contributed by atoms with Gasteiger partial charge in [-0.1, -0.05) is 30.3 Å². The van der Waals surface area contributed by atoms with Gasteiger partial charge in [-0.25, -0.2) is 4.98 Å². The number of aromatic nitrogens is 2. The molecule has 2 saturated heterocycles. The predicted octanol–water partition coefficient (Wildman–Crippen LogP) is 4.08. The molecule has 2 fully saturated rings. The van der Waals surface area contributed by atoms with Crippen molar-refractivity contribution in [2.45, 2.75) is 38.3 Å². The van der Waals surface area contributed by atoms with E-state index in [-0.39, 0.29) is 5.91 Å². The molecule has 2 aromatic heterocycles. The summed E-state index contributed by atoms with van der Waals surface area (Å²) in [5.41, 5.74) is 2.83. The maximum absolute atomic E-state index is 13.3. The van der Waals surface area contributed by atoms with Gasteiger partial charge in [0.05, 0.1) is 0 Å². The highest BCUT2D eigenvalue weighted by Gasteiger charge is 2.37. The lowest BCUT2D eigenvalue weighted by Gasteiger charge is -2.39. The molecule has 5 rings (SSSR count). The minimum atomic E-state index is 0.130. The van der Waals surface area contributed by atoms with E-state index in [1.807, 2.05) is 18.2 Å². The van der Waals surface area contributed by atoms with Crippen LogP contribution in [0.3, 0.4) is 0 Å². The van der Waals surface area contributed by atoms with E-state index in [9.17, 15) is 4.79 Å². The molecule has 2 aliphatic rings. The van der Waals surface area contributed by atoms with Crippen molar-refractivity contribution >= 4 is 16.9 Å². The summed E-state index contributed by atoms with van der Waals surface area (Å²) in [5, 5.41) is 0.998. The van der Waals surface area contributed by atoms with Gasteiger partial charge in [-0.2, -0.15) is 0 Å². The number of nitrogens with zero attached hydrogens (tertiary/aromatic N) is 3. The van der Waals surface area contributed by atoms with Crippen molar-refractivity contribution in [3.63, 3.8) is 0 Å². The van der Waals surface area contributed by atoms with Crippen molar-refractivity contribution in [1.29, 1.82) is 0 Å². The number of rotatable bonds is 4. The Morgan fingerprint density at radius 3 is 2.79 bits per heavy atom. The van der Waals surface area contributed by atoms with Crippen LogP contribution in [0.2, 0.25) is 0 Å². The molecule has 0 bridgehead atoms. The third kappa shape index (κ3) is 3.79. The zero-order chi connectivity index (χ0) is 19.6. The molecule has 3 aromatic rings. The van der Waals surface area contributed by atoms with Crippen LogP contribution in [0.1, 0.15) is 41.7 Å². The maximum atomic E-state index is 13.3. The van der Waals surface area contributed by atoms with Gasteiger partial charge in [0, 0.05) is 37.3 Å². The zero-order valence-corrected chi connectivity index (χ0v) is 16.8. The van der Waals surface area contributed by atoms with Gasteiger partial charge in [-0.05, 0) is 61.9 Å². The van der Waals surface area contributed by atoms with Gasteiger partial charge < -0.3 is 9.88 Å². The van der Waals surface area contributed by atoms with Crippen molar-refractivity contribution < 1.29 is 4.79 Å². The lowest BCUT2D eigenvalue weighted by Crippen LogP contribution is -2.46. The fourth-order valence-electron chi connectivity index (χ4n) is 5.15. The van der Waals surface area contributed by atoms with Crippen molar-refractivity contribution in [1.82, 2.24) is 19.8 Å². The molecule has 0 spiro atoms. The summed E-state index contributed by atoms with van der Waals surface area (Å²) in [6, 6.07) is 16.9. The Bertz CT molecular complexity index is 950. The number of hydrogen-bond donors (Lipinski definition) is 1. The lowest BCUT2D eigenvalue weighted by atomic mass is 9.88. The average molecular weight is 389 g/mol. The lowest BCUT2D eigenvalue weighted by molar-refractivity contribution is 0.0585. The van der Waals surface area contributed by atoms with E-state index in [4.69, 9.17) is 0 Å². The number of hydrogen-bond acceptors (Lipinski definition) is 3. The van der Waals surface area contributed by atoms with E-state index in [1.54, 1.807) is 6.20 Å². The first kappa shape index (κ1) is 18.4. The molecule has 5 nitrogen and oxygen atoms in total. The second-order valence-electron chi connectivity index (χ2n) is 8.46. The van der Waals surface area contributed by atoms with Crippen molar-refractivity contribution in [3.8, 4) is 0 Å². The van der Waals surface area contributed by atoms with Gasteiger partial charge in [-0.15, -0.1) is 0 Å². The Kier molecular flexibility index (Phi) is 5.06. The van der Waals surface area contributed by atoms with Crippen LogP contribution in [0.15, 0.2) is 54.7 Å². The molecule has 2 aliphatic heterocycles. The van der Waals surface area contributed by atoms with Gasteiger partial charge in [0.25, 0.3) is 5.91 Å². The summed E-state index contributed by atoms with van der Waals surface area (Å²) in [5.74, 6) is 0.687. The second-order valence-corrected chi connectivity index (χ2v) is 8.46. The molecule has 29 heavy (non-hydrogen) atoms. The molecule has 1 aromatic carbocycles. The number of amides is 1. The Morgan fingerprint density at radius 2 is 1.93 bits per heavy atom. The van der Waals surface area contributed by atoms with E-state index >= 15 is 0 Å². The molecule has 0 radical (unpaired) electrons. The molecule has 150 valence electrons. The number of carbonyl (C=O) groups is 1. The highest BCUT2D eigenvalue weighted by molar-refractivity contribution is 5.97. The first-order valence-corrected chi connectivity index (χ1v) is 10.8. The van der Waals surface area contributed by atoms with Crippen molar-refractivity contribution in [2.24, 2.45) is 5.92 Å². The van der Waals surface area contributed by atoms with Crippen LogP contribution in [0, 0.1) is 5.92 Å². The Labute approximate surface area is 171 Å². The Balaban J connectivity index is 1.30. The number of carbonyl (C=O) groups excluding carboxylic acids is 1. The molecule has 0 aliphatic carbocycles. The number of piperidine rings is 1. The predicted molar refractivity (Wildman–Crippen MR) is 115 cm³/mol. The summed E-state index contributed by atoms with van der Waals surface area (Å²) >= 11 is 0. The van der Waals surface area contributed by atoms with Gasteiger partial charge in [0.2, 0.25) is 0 Å². The normalized spacial score (nSPS) is 23.0. The van der Waals surface area contributed by atoms with Crippen LogP contribution < -0.4 is 0 Å². The van der Waals surface area contributed by atoms with E-state index < -0.39 is 0 Å². The number of likely N-dealkylation sites (tertiary alicyclic amines) is 2. The summed E-state index contributed by atoms with van der Waals surface area (Å²) in [6.07, 6.45) is 6.41. The molecule has 1 amide bonds. The van der Waals surface area contributed by atoms with E-state index in [1.165, 1.54) is 18.4 Å². The average Bonchev–Trinajstić information content (AvgIpc) is 3.41. The minimum absolute atomic E-state index is 0.130. The van der Waals surface area contributed by atoms with Crippen LogP contribution >= 0.6 is 0 Å². The van der Waals surface area contributed by atoms with Gasteiger partial charge in [0.15, 0.2) is 0 Å². The highest BCUT2D eigenvalue weighted by Crippen LogP contribution is 2.32. The summed E-state index contributed by atoms with van der Waals surface area (Å²) < 4.78 is 0. The molecule has 4 heterocycles. The molecule has 1 N–H and O–H groups in total. The molecule has 5 heteroatoms. The minimum Gasteiger partial charge on any atom is -0.335 e. The van der Waals surface area contributed by atoms with Crippen LogP contribution in [0.25, 0.3) is 11.0 Å². The molecular formula is C24H28N4O. The van der Waals surface area contributed by atoms with Gasteiger partial charge in [-0.3, -0.25) is 9.69 Å². The third-order valence-corrected chi connectivity index (χ3v) is 6.52. The smallest absolute Gasteiger partial charge is 0.270 e. The molecule has 0 saturated carbocycles. The van der Waals surface area contributed by atoms with E-state index in [2.05, 4.69) is 50.1 Å². The zero-order valence-electron chi connectivity index (χ0n) is 16.8. The number of nitrogens with one attached hydrogen (secondary N) is 1. The fourth-order valence-corrected chi connectivity index (χ4v) is 5.15. The number of H-pyrrole nitrogens is 1. The van der Waals surface area contributed by atoms with Crippen molar-refractivity contribution in [2.75, 3.05) is 19.6 Å². The molecule has 2 unspecified atom stereocenters. The highest BCUT2D eigenvalue weighted by atomic mass is 16.2. The third-order valence-electron chi connectivity index (χ3n) is 6.52. The van der Waals surface area contributed by atoms with Crippen LogP contribution in [-0.2, 0) is 6.54 Å². The number of aromatic amines is 1. The first-order valence-electron chi connectivity index (χ1n) is 10.8.